The molecule has 6 heteroatoms. The van der Waals surface area contributed by atoms with E-state index < -0.39 is 18.4 Å². The van der Waals surface area contributed by atoms with Gasteiger partial charge in [-0.25, -0.2) is 4.98 Å². The molecule has 3 nitrogen and oxygen atoms in total. The number of alkyl halides is 3. The maximum absolute atomic E-state index is 12.2. The predicted octanol–water partition coefficient (Wildman–Crippen LogP) is 2.61. The monoisotopic (exact) mass is 268 g/mol. The SMILES string of the molecule is O=C(Cc1nccn1Cc1ccccc1)C(F)(F)F. The van der Waals surface area contributed by atoms with Gasteiger partial charge in [-0.05, 0) is 5.56 Å². The molecule has 1 heterocycles. The summed E-state index contributed by atoms with van der Waals surface area (Å²) in [6, 6.07) is 9.25. The second-order valence-electron chi connectivity index (χ2n) is 4.05. The third-order valence-electron chi connectivity index (χ3n) is 2.63. The molecule has 0 radical (unpaired) electrons. The largest absolute Gasteiger partial charge is 0.450 e. The molecule has 2 rings (SSSR count). The van der Waals surface area contributed by atoms with E-state index in [4.69, 9.17) is 0 Å². The number of imidazole rings is 1. The van der Waals surface area contributed by atoms with Crippen LogP contribution in [0.25, 0.3) is 0 Å². The zero-order chi connectivity index (χ0) is 13.9. The highest BCUT2D eigenvalue weighted by Crippen LogP contribution is 2.18. The molecule has 0 N–H and O–H groups in total. The minimum atomic E-state index is -4.82. The average molecular weight is 268 g/mol. The molecule has 0 unspecified atom stereocenters. The van der Waals surface area contributed by atoms with Crippen molar-refractivity contribution in [2.75, 3.05) is 0 Å². The Labute approximate surface area is 107 Å². The smallest absolute Gasteiger partial charge is 0.330 e. The van der Waals surface area contributed by atoms with Crippen molar-refractivity contribution in [3.05, 3.63) is 54.1 Å². The van der Waals surface area contributed by atoms with Crippen molar-refractivity contribution in [2.24, 2.45) is 0 Å². The van der Waals surface area contributed by atoms with Crippen molar-refractivity contribution < 1.29 is 18.0 Å². The summed E-state index contributed by atoms with van der Waals surface area (Å²) in [6.45, 7) is 0.390. The number of ketones is 1. The zero-order valence-corrected chi connectivity index (χ0v) is 9.89. The first-order valence-electron chi connectivity index (χ1n) is 5.61. The summed E-state index contributed by atoms with van der Waals surface area (Å²) >= 11 is 0. The normalized spacial score (nSPS) is 11.5. The van der Waals surface area contributed by atoms with Crippen LogP contribution in [-0.2, 0) is 17.8 Å². The van der Waals surface area contributed by atoms with Gasteiger partial charge in [-0.15, -0.1) is 0 Å². The fourth-order valence-corrected chi connectivity index (χ4v) is 1.68. The van der Waals surface area contributed by atoms with Crippen LogP contribution < -0.4 is 0 Å². The molecule has 0 spiro atoms. The van der Waals surface area contributed by atoms with Crippen LogP contribution in [0.1, 0.15) is 11.4 Å². The van der Waals surface area contributed by atoms with E-state index in [-0.39, 0.29) is 5.82 Å². The number of hydrogen-bond donors (Lipinski definition) is 0. The lowest BCUT2D eigenvalue weighted by Crippen LogP contribution is -2.26. The minimum absolute atomic E-state index is 0.117. The molecule has 0 bridgehead atoms. The lowest BCUT2D eigenvalue weighted by molar-refractivity contribution is -0.170. The molecular weight excluding hydrogens is 257 g/mol. The zero-order valence-electron chi connectivity index (χ0n) is 9.89. The second kappa shape index (κ2) is 5.26. The molecule has 0 aliphatic carbocycles. The van der Waals surface area contributed by atoms with Gasteiger partial charge in [0.15, 0.2) is 0 Å². The number of rotatable bonds is 4. The number of aromatic nitrogens is 2. The summed E-state index contributed by atoms with van der Waals surface area (Å²) in [7, 11) is 0. The summed E-state index contributed by atoms with van der Waals surface area (Å²) in [6.07, 6.45) is -2.60. The van der Waals surface area contributed by atoms with Crippen molar-refractivity contribution in [1.82, 2.24) is 9.55 Å². The van der Waals surface area contributed by atoms with Crippen molar-refractivity contribution in [3.63, 3.8) is 0 Å². The van der Waals surface area contributed by atoms with E-state index in [1.807, 2.05) is 30.3 Å². The van der Waals surface area contributed by atoms with Gasteiger partial charge >= 0.3 is 6.18 Å². The molecule has 100 valence electrons. The summed E-state index contributed by atoms with van der Waals surface area (Å²) in [5.41, 5.74) is 0.932. The van der Waals surface area contributed by atoms with Crippen molar-refractivity contribution in [1.29, 1.82) is 0 Å². The Balaban J connectivity index is 2.12. The van der Waals surface area contributed by atoms with Crippen molar-refractivity contribution >= 4 is 5.78 Å². The summed E-state index contributed by atoms with van der Waals surface area (Å²) in [4.78, 5) is 14.8. The number of carbonyl (C=O) groups is 1. The van der Waals surface area contributed by atoms with Gasteiger partial charge < -0.3 is 4.57 Å². The molecule has 0 amide bonds. The van der Waals surface area contributed by atoms with Crippen LogP contribution in [0.2, 0.25) is 0 Å². The molecule has 0 saturated carbocycles. The number of benzene rings is 1. The molecule has 19 heavy (non-hydrogen) atoms. The van der Waals surface area contributed by atoms with Crippen LogP contribution in [-0.4, -0.2) is 21.5 Å². The molecule has 2 aromatic rings. The van der Waals surface area contributed by atoms with E-state index in [2.05, 4.69) is 4.98 Å². The van der Waals surface area contributed by atoms with E-state index >= 15 is 0 Å². The Hall–Kier alpha value is -2.11. The lowest BCUT2D eigenvalue weighted by Gasteiger charge is -2.08. The first-order valence-corrected chi connectivity index (χ1v) is 5.61. The number of halogens is 3. The Morgan fingerprint density at radius 2 is 1.89 bits per heavy atom. The molecular formula is C13H11F3N2O. The number of nitrogens with zero attached hydrogens (tertiary/aromatic N) is 2. The topological polar surface area (TPSA) is 34.9 Å². The third-order valence-corrected chi connectivity index (χ3v) is 2.63. The quantitative estimate of drug-likeness (QED) is 0.854. The highest BCUT2D eigenvalue weighted by Gasteiger charge is 2.38. The fraction of sp³-hybridized carbons (Fsp3) is 0.231. The van der Waals surface area contributed by atoms with Crippen LogP contribution in [0, 0.1) is 0 Å². The summed E-state index contributed by atoms with van der Waals surface area (Å²) in [5, 5.41) is 0. The van der Waals surface area contributed by atoms with Gasteiger partial charge in [-0.3, -0.25) is 4.79 Å². The fourth-order valence-electron chi connectivity index (χ4n) is 1.68. The Morgan fingerprint density at radius 1 is 1.21 bits per heavy atom. The maximum atomic E-state index is 12.2. The van der Waals surface area contributed by atoms with Gasteiger partial charge in [0.2, 0.25) is 5.78 Å². The predicted molar refractivity (Wildman–Crippen MR) is 62.5 cm³/mol. The van der Waals surface area contributed by atoms with E-state index in [1.165, 1.54) is 6.20 Å². The first-order chi connectivity index (χ1) is 8.97. The average Bonchev–Trinajstić information content (AvgIpc) is 2.77. The molecule has 0 fully saturated rings. The van der Waals surface area contributed by atoms with Crippen LogP contribution in [0.3, 0.4) is 0 Å². The summed E-state index contributed by atoms with van der Waals surface area (Å²) in [5.74, 6) is -1.67. The van der Waals surface area contributed by atoms with E-state index in [0.29, 0.717) is 6.54 Å². The molecule has 0 aliphatic heterocycles. The Kier molecular flexibility index (Phi) is 3.69. The second-order valence-corrected chi connectivity index (χ2v) is 4.05. The van der Waals surface area contributed by atoms with Gasteiger partial charge in [0.25, 0.3) is 0 Å². The molecule has 1 aromatic carbocycles. The van der Waals surface area contributed by atoms with Crippen LogP contribution >= 0.6 is 0 Å². The van der Waals surface area contributed by atoms with Crippen LogP contribution in [0.4, 0.5) is 13.2 Å². The van der Waals surface area contributed by atoms with Crippen LogP contribution in [0.15, 0.2) is 42.7 Å². The summed E-state index contributed by atoms with van der Waals surface area (Å²) < 4.78 is 38.2. The van der Waals surface area contributed by atoms with Gasteiger partial charge in [-0.2, -0.15) is 13.2 Å². The standard InChI is InChI=1S/C13H11F3N2O/c14-13(15,16)11(19)8-12-17-6-7-18(12)9-10-4-2-1-3-5-10/h1-7H,8-9H2. The van der Waals surface area contributed by atoms with Gasteiger partial charge in [-0.1, -0.05) is 30.3 Å². The highest BCUT2D eigenvalue weighted by atomic mass is 19.4. The molecule has 0 atom stereocenters. The number of hydrogen-bond acceptors (Lipinski definition) is 2. The van der Waals surface area contributed by atoms with Crippen molar-refractivity contribution in [2.45, 2.75) is 19.1 Å². The van der Waals surface area contributed by atoms with Crippen LogP contribution in [0.5, 0.6) is 0 Å². The highest BCUT2D eigenvalue weighted by molar-refractivity contribution is 5.85. The maximum Gasteiger partial charge on any atom is 0.450 e. The first kappa shape index (κ1) is 13.3. The van der Waals surface area contributed by atoms with Crippen molar-refractivity contribution in [3.8, 4) is 0 Å². The number of carbonyl (C=O) groups excluding carboxylic acids is 1. The Bertz CT molecular complexity index is 561. The third kappa shape index (κ3) is 3.43. The Morgan fingerprint density at radius 3 is 2.53 bits per heavy atom. The molecule has 0 saturated heterocycles. The minimum Gasteiger partial charge on any atom is -0.330 e. The molecule has 1 aromatic heterocycles. The molecule has 0 aliphatic rings. The van der Waals surface area contributed by atoms with E-state index in [0.717, 1.165) is 5.56 Å². The lowest BCUT2D eigenvalue weighted by atomic mass is 10.2. The van der Waals surface area contributed by atoms with Gasteiger partial charge in [0.1, 0.15) is 5.82 Å². The van der Waals surface area contributed by atoms with E-state index in [1.54, 1.807) is 10.8 Å². The van der Waals surface area contributed by atoms with E-state index in [9.17, 15) is 18.0 Å². The van der Waals surface area contributed by atoms with Gasteiger partial charge in [0, 0.05) is 18.9 Å². The number of Topliss-reactive ketones (excluding diaryl/α,β-unsaturated/α-hetero) is 1. The van der Waals surface area contributed by atoms with Gasteiger partial charge in [0.05, 0.1) is 6.42 Å².